The largest absolute Gasteiger partial charge is 0.296 e. The normalized spacial score (nSPS) is 11.5. The van der Waals surface area contributed by atoms with Gasteiger partial charge < -0.3 is 0 Å². The van der Waals surface area contributed by atoms with Crippen LogP contribution in [0.2, 0.25) is 0 Å². The molecule has 0 spiro atoms. The molecule has 0 saturated heterocycles. The Morgan fingerprint density at radius 1 is 0.524 bits per heavy atom. The molecule has 0 N–H and O–H groups in total. The molecule has 0 radical (unpaired) electrons. The van der Waals surface area contributed by atoms with Crippen LogP contribution in [-0.2, 0) is 0 Å². The third-order valence-corrected chi connectivity index (χ3v) is 8.22. The predicted octanol–water partition coefficient (Wildman–Crippen LogP) is 10.0. The molecule has 3 nitrogen and oxygen atoms in total. The fourth-order valence-corrected chi connectivity index (χ4v) is 6.45. The average molecular weight is 538 g/mol. The molecule has 0 aliphatic heterocycles. The molecule has 8 aromatic rings. The van der Waals surface area contributed by atoms with Gasteiger partial charge >= 0.3 is 0 Å². The zero-order valence-corrected chi connectivity index (χ0v) is 23.2. The van der Waals surface area contributed by atoms with E-state index in [0.717, 1.165) is 33.7 Å². The Hall–Kier alpha value is -5.54. The van der Waals surface area contributed by atoms with Crippen LogP contribution in [0.15, 0.2) is 146 Å². The number of pyridine rings is 1. The number of hydrogen-bond donors (Lipinski definition) is 0. The van der Waals surface area contributed by atoms with Crippen LogP contribution in [-0.4, -0.2) is 14.5 Å². The molecule has 0 bridgehead atoms. The van der Waals surface area contributed by atoms with Crippen LogP contribution < -0.4 is 0 Å². The van der Waals surface area contributed by atoms with Gasteiger partial charge in [0.2, 0.25) is 0 Å². The Morgan fingerprint density at radius 3 is 1.88 bits per heavy atom. The van der Waals surface area contributed by atoms with Gasteiger partial charge in [-0.2, -0.15) is 0 Å². The molecule has 8 rings (SSSR count). The lowest BCUT2D eigenvalue weighted by Gasteiger charge is -2.20. The number of para-hydroxylation sites is 3. The number of benzene rings is 6. The number of rotatable bonds is 4. The summed E-state index contributed by atoms with van der Waals surface area (Å²) in [5.74, 6) is 0.973. The van der Waals surface area contributed by atoms with E-state index in [1.54, 1.807) is 0 Å². The molecule has 0 amide bonds. The quantitative estimate of drug-likeness (QED) is 0.209. The van der Waals surface area contributed by atoms with Crippen LogP contribution in [0.25, 0.3) is 71.6 Å². The lowest BCUT2D eigenvalue weighted by atomic mass is 9.85. The van der Waals surface area contributed by atoms with E-state index in [1.165, 1.54) is 43.8 Å². The molecular weight excluding hydrogens is 510 g/mol. The van der Waals surface area contributed by atoms with Crippen molar-refractivity contribution in [3.05, 3.63) is 152 Å². The minimum atomic E-state index is 0.973. The summed E-state index contributed by atoms with van der Waals surface area (Å²) in [7, 11) is 0. The van der Waals surface area contributed by atoms with Gasteiger partial charge in [0.25, 0.3) is 0 Å². The maximum Gasteiger partial charge on any atom is 0.111 e. The molecule has 42 heavy (non-hydrogen) atoms. The van der Waals surface area contributed by atoms with Crippen LogP contribution >= 0.6 is 0 Å². The van der Waals surface area contributed by atoms with E-state index in [-0.39, 0.29) is 0 Å². The monoisotopic (exact) mass is 537 g/mol. The van der Waals surface area contributed by atoms with E-state index < -0.39 is 0 Å². The fraction of sp³-hybridized carbons (Fsp3) is 0.0256. The van der Waals surface area contributed by atoms with Gasteiger partial charge in [-0.05, 0) is 81.1 Å². The smallest absolute Gasteiger partial charge is 0.111 e. The van der Waals surface area contributed by atoms with Gasteiger partial charge in [0.05, 0.1) is 16.7 Å². The molecule has 3 heteroatoms. The Kier molecular flexibility index (Phi) is 5.68. The molecule has 0 unspecified atom stereocenters. The number of nitrogens with zero attached hydrogens (tertiary/aromatic N) is 3. The standard InChI is InChI=1S/C39H27N3/c1-26-41-35-20-7-9-22-37(35)42(26)36-21-8-6-19-34(36)39-32-17-4-2-15-30(32)38(31-16-3-5-18-33(31)39)28-13-10-12-27(24-28)29-14-11-23-40-25-29/h2-25H,1H3. The highest BCUT2D eigenvalue weighted by Crippen LogP contribution is 2.45. The third kappa shape index (κ3) is 3.82. The topological polar surface area (TPSA) is 30.7 Å². The third-order valence-electron chi connectivity index (χ3n) is 8.22. The average Bonchev–Trinajstić information content (AvgIpc) is 3.39. The van der Waals surface area contributed by atoms with Gasteiger partial charge in [-0.25, -0.2) is 4.98 Å². The van der Waals surface area contributed by atoms with Crippen molar-refractivity contribution in [1.29, 1.82) is 0 Å². The number of fused-ring (bicyclic) bond motifs is 3. The molecular formula is C39H27N3. The maximum atomic E-state index is 4.89. The zero-order valence-electron chi connectivity index (χ0n) is 23.2. The van der Waals surface area contributed by atoms with Crippen LogP contribution in [0.1, 0.15) is 5.82 Å². The van der Waals surface area contributed by atoms with Crippen molar-refractivity contribution in [2.45, 2.75) is 6.92 Å². The molecule has 2 aromatic heterocycles. The maximum absolute atomic E-state index is 4.89. The summed E-state index contributed by atoms with van der Waals surface area (Å²) in [6.07, 6.45) is 3.75. The Bertz CT molecular complexity index is 2200. The molecule has 0 fully saturated rings. The highest BCUT2D eigenvalue weighted by atomic mass is 15.1. The molecule has 2 heterocycles. The molecule has 0 atom stereocenters. The van der Waals surface area contributed by atoms with Crippen molar-refractivity contribution in [2.24, 2.45) is 0 Å². The summed E-state index contributed by atoms with van der Waals surface area (Å²) in [6, 6.07) is 47.7. The van der Waals surface area contributed by atoms with Crippen LogP contribution in [0.3, 0.4) is 0 Å². The van der Waals surface area contributed by atoms with Gasteiger partial charge in [0.1, 0.15) is 5.82 Å². The van der Waals surface area contributed by atoms with E-state index in [0.29, 0.717) is 0 Å². The van der Waals surface area contributed by atoms with Crippen LogP contribution in [0.5, 0.6) is 0 Å². The summed E-state index contributed by atoms with van der Waals surface area (Å²) < 4.78 is 2.29. The van der Waals surface area contributed by atoms with Crippen LogP contribution in [0.4, 0.5) is 0 Å². The summed E-state index contributed by atoms with van der Waals surface area (Å²) in [6.45, 7) is 2.09. The first-order chi connectivity index (χ1) is 20.8. The number of aryl methyl sites for hydroxylation is 1. The van der Waals surface area contributed by atoms with Crippen molar-refractivity contribution in [3.63, 3.8) is 0 Å². The molecule has 0 aliphatic rings. The minimum Gasteiger partial charge on any atom is -0.296 e. The SMILES string of the molecule is Cc1nc2ccccc2n1-c1ccccc1-c1c2ccccc2c(-c2cccc(-c3cccnc3)c2)c2ccccc12. The second-order valence-corrected chi connectivity index (χ2v) is 10.7. The highest BCUT2D eigenvalue weighted by molar-refractivity contribution is 6.22. The summed E-state index contributed by atoms with van der Waals surface area (Å²) in [5.41, 5.74) is 10.4. The van der Waals surface area contributed by atoms with Gasteiger partial charge in [-0.15, -0.1) is 0 Å². The van der Waals surface area contributed by atoms with Crippen molar-refractivity contribution in [2.75, 3.05) is 0 Å². The summed E-state index contributed by atoms with van der Waals surface area (Å²) in [4.78, 5) is 9.25. The Morgan fingerprint density at radius 2 is 1.14 bits per heavy atom. The first-order valence-corrected chi connectivity index (χ1v) is 14.3. The lowest BCUT2D eigenvalue weighted by Crippen LogP contribution is -2.00. The van der Waals surface area contributed by atoms with Gasteiger partial charge in [-0.3, -0.25) is 9.55 Å². The van der Waals surface area contributed by atoms with E-state index in [9.17, 15) is 0 Å². The van der Waals surface area contributed by atoms with Crippen molar-refractivity contribution in [1.82, 2.24) is 14.5 Å². The molecule has 0 aliphatic carbocycles. The van der Waals surface area contributed by atoms with Gasteiger partial charge in [0.15, 0.2) is 0 Å². The van der Waals surface area contributed by atoms with E-state index in [4.69, 9.17) is 4.98 Å². The molecule has 0 saturated carbocycles. The van der Waals surface area contributed by atoms with Gasteiger partial charge in [-0.1, -0.05) is 103 Å². The van der Waals surface area contributed by atoms with E-state index in [1.807, 2.05) is 24.5 Å². The number of hydrogen-bond acceptors (Lipinski definition) is 2. The fourth-order valence-electron chi connectivity index (χ4n) is 6.45. The lowest BCUT2D eigenvalue weighted by molar-refractivity contribution is 1.00. The predicted molar refractivity (Wildman–Crippen MR) is 175 cm³/mol. The first kappa shape index (κ1) is 24.3. The minimum absolute atomic E-state index is 0.973. The van der Waals surface area contributed by atoms with E-state index in [2.05, 4.69) is 138 Å². The Labute approximate surface area is 244 Å². The zero-order chi connectivity index (χ0) is 28.0. The second kappa shape index (κ2) is 9.83. The number of imidazole rings is 1. The summed E-state index contributed by atoms with van der Waals surface area (Å²) >= 11 is 0. The molecule has 6 aromatic carbocycles. The van der Waals surface area contributed by atoms with E-state index >= 15 is 0 Å². The summed E-state index contributed by atoms with van der Waals surface area (Å²) in [5, 5.41) is 4.92. The Balaban J connectivity index is 1.45. The van der Waals surface area contributed by atoms with Crippen molar-refractivity contribution < 1.29 is 0 Å². The van der Waals surface area contributed by atoms with Crippen molar-refractivity contribution in [3.8, 4) is 39.1 Å². The highest BCUT2D eigenvalue weighted by Gasteiger charge is 2.20. The molecule has 198 valence electrons. The first-order valence-electron chi connectivity index (χ1n) is 14.3. The second-order valence-electron chi connectivity index (χ2n) is 10.7. The van der Waals surface area contributed by atoms with Crippen molar-refractivity contribution >= 4 is 32.6 Å². The van der Waals surface area contributed by atoms with Gasteiger partial charge in [0, 0.05) is 23.5 Å². The number of aromatic nitrogens is 3. The van der Waals surface area contributed by atoms with Crippen LogP contribution in [0, 0.1) is 6.92 Å².